The van der Waals surface area contributed by atoms with Crippen LogP contribution >= 0.6 is 22.9 Å². The number of hydrogen-bond donors (Lipinski definition) is 1. The molecule has 0 unspecified atom stereocenters. The lowest BCUT2D eigenvalue weighted by Gasteiger charge is -2.16. The van der Waals surface area contributed by atoms with Crippen molar-refractivity contribution >= 4 is 28.8 Å². The third-order valence-electron chi connectivity index (χ3n) is 3.12. The lowest BCUT2D eigenvalue weighted by Crippen LogP contribution is -2.30. The fourth-order valence-corrected chi connectivity index (χ4v) is 3.15. The average Bonchev–Trinajstić information content (AvgIpc) is 2.93. The third-order valence-corrected chi connectivity index (χ3v) is 4.44. The van der Waals surface area contributed by atoms with Crippen LogP contribution in [-0.4, -0.2) is 19.6 Å². The van der Waals surface area contributed by atoms with Crippen LogP contribution in [0.1, 0.15) is 26.9 Å². The van der Waals surface area contributed by atoms with E-state index in [2.05, 4.69) is 5.32 Å². The van der Waals surface area contributed by atoms with Gasteiger partial charge in [-0.1, -0.05) is 23.7 Å². The van der Waals surface area contributed by atoms with E-state index in [0.29, 0.717) is 4.34 Å². The standard InChI is InChI=1S/C15H13ClF3NO2S/c1-22-11(12-6-7-13(16)23-12)8-20-14(21)9-4-2-3-5-10(9)15(17,18)19/h2-7,11H,8H2,1H3,(H,20,21)/t11-/m1/s1. The summed E-state index contributed by atoms with van der Waals surface area (Å²) in [5.74, 6) is -0.803. The number of hydrogen-bond acceptors (Lipinski definition) is 3. The summed E-state index contributed by atoms with van der Waals surface area (Å²) in [4.78, 5) is 12.9. The number of rotatable bonds is 5. The molecule has 3 nitrogen and oxygen atoms in total. The quantitative estimate of drug-likeness (QED) is 0.847. The summed E-state index contributed by atoms with van der Waals surface area (Å²) in [6.07, 6.45) is -5.06. The number of amides is 1. The lowest BCUT2D eigenvalue weighted by molar-refractivity contribution is -0.137. The van der Waals surface area contributed by atoms with Gasteiger partial charge in [0.05, 0.1) is 15.5 Å². The Morgan fingerprint density at radius 1 is 1.30 bits per heavy atom. The molecule has 1 aromatic heterocycles. The minimum absolute atomic E-state index is 0.0400. The maximum Gasteiger partial charge on any atom is 0.417 e. The number of carbonyl (C=O) groups excluding carboxylic acids is 1. The molecule has 0 aliphatic heterocycles. The highest BCUT2D eigenvalue weighted by Gasteiger charge is 2.34. The SMILES string of the molecule is CO[C@H](CNC(=O)c1ccccc1C(F)(F)F)c1ccc(Cl)s1. The zero-order valence-electron chi connectivity index (χ0n) is 12.0. The Kier molecular flexibility index (Phi) is 5.67. The maximum atomic E-state index is 12.9. The predicted molar refractivity (Wildman–Crippen MR) is 82.9 cm³/mol. The van der Waals surface area contributed by atoms with E-state index < -0.39 is 29.3 Å². The van der Waals surface area contributed by atoms with E-state index in [9.17, 15) is 18.0 Å². The normalized spacial score (nSPS) is 12.9. The van der Waals surface area contributed by atoms with Gasteiger partial charge in [0.25, 0.3) is 5.91 Å². The fourth-order valence-electron chi connectivity index (χ4n) is 2.01. The molecule has 1 amide bonds. The molecule has 2 rings (SSSR count). The molecule has 0 aliphatic carbocycles. The van der Waals surface area contributed by atoms with Crippen molar-refractivity contribution < 1.29 is 22.7 Å². The molecule has 1 aromatic carbocycles. The van der Waals surface area contributed by atoms with Gasteiger partial charge >= 0.3 is 6.18 Å². The van der Waals surface area contributed by atoms with E-state index >= 15 is 0 Å². The minimum Gasteiger partial charge on any atom is -0.374 e. The molecule has 0 bridgehead atoms. The summed E-state index contributed by atoms with van der Waals surface area (Å²) in [7, 11) is 1.45. The van der Waals surface area contributed by atoms with E-state index in [1.54, 1.807) is 12.1 Å². The summed E-state index contributed by atoms with van der Waals surface area (Å²) >= 11 is 7.13. The van der Waals surface area contributed by atoms with Crippen LogP contribution in [0.25, 0.3) is 0 Å². The van der Waals surface area contributed by atoms with E-state index in [4.69, 9.17) is 16.3 Å². The van der Waals surface area contributed by atoms with Crippen molar-refractivity contribution in [2.45, 2.75) is 12.3 Å². The van der Waals surface area contributed by atoms with Gasteiger partial charge in [-0.15, -0.1) is 11.3 Å². The molecule has 0 aliphatic rings. The Labute approximate surface area is 140 Å². The topological polar surface area (TPSA) is 38.3 Å². The zero-order valence-corrected chi connectivity index (χ0v) is 13.6. The van der Waals surface area contributed by atoms with Gasteiger partial charge < -0.3 is 10.1 Å². The third kappa shape index (κ3) is 4.46. The van der Waals surface area contributed by atoms with Gasteiger partial charge in [0, 0.05) is 18.5 Å². The average molecular weight is 364 g/mol. The largest absolute Gasteiger partial charge is 0.417 e. The first-order valence-electron chi connectivity index (χ1n) is 6.55. The van der Waals surface area contributed by atoms with E-state index in [-0.39, 0.29) is 6.54 Å². The van der Waals surface area contributed by atoms with E-state index in [0.717, 1.165) is 17.0 Å². The van der Waals surface area contributed by atoms with Gasteiger partial charge in [-0.2, -0.15) is 13.2 Å². The molecule has 1 heterocycles. The van der Waals surface area contributed by atoms with E-state index in [1.165, 1.54) is 30.6 Å². The van der Waals surface area contributed by atoms with Gasteiger partial charge in [-0.3, -0.25) is 4.79 Å². The van der Waals surface area contributed by atoms with Crippen molar-refractivity contribution in [3.05, 3.63) is 56.7 Å². The van der Waals surface area contributed by atoms with Crippen molar-refractivity contribution in [3.63, 3.8) is 0 Å². The van der Waals surface area contributed by atoms with Gasteiger partial charge in [0.1, 0.15) is 6.10 Å². The first-order valence-corrected chi connectivity index (χ1v) is 7.75. The number of thiophene rings is 1. The van der Waals surface area contributed by atoms with Crippen LogP contribution in [0.5, 0.6) is 0 Å². The summed E-state index contributed by atoms with van der Waals surface area (Å²) in [5.41, 5.74) is -1.38. The molecule has 0 fully saturated rings. The van der Waals surface area contributed by atoms with Crippen LogP contribution in [0.2, 0.25) is 4.34 Å². The zero-order chi connectivity index (χ0) is 17.0. The Morgan fingerprint density at radius 3 is 2.57 bits per heavy atom. The fraction of sp³-hybridized carbons (Fsp3) is 0.267. The molecule has 1 N–H and O–H groups in total. The van der Waals surface area contributed by atoms with Gasteiger partial charge in [0.2, 0.25) is 0 Å². The Hall–Kier alpha value is -1.57. The molecule has 0 saturated heterocycles. The second-order valence-electron chi connectivity index (χ2n) is 4.62. The Bertz CT molecular complexity index is 687. The molecule has 0 radical (unpaired) electrons. The van der Waals surface area contributed by atoms with Gasteiger partial charge in [0.15, 0.2) is 0 Å². The summed E-state index contributed by atoms with van der Waals surface area (Å²) in [5, 5.41) is 2.47. The van der Waals surface area contributed by atoms with Crippen molar-refractivity contribution in [2.75, 3.05) is 13.7 Å². The molecule has 0 saturated carbocycles. The highest BCUT2D eigenvalue weighted by atomic mass is 35.5. The first-order chi connectivity index (χ1) is 10.8. The van der Waals surface area contributed by atoms with Crippen LogP contribution in [0, 0.1) is 0 Å². The van der Waals surface area contributed by atoms with Crippen molar-refractivity contribution in [1.29, 1.82) is 0 Å². The van der Waals surface area contributed by atoms with Gasteiger partial charge in [-0.25, -0.2) is 0 Å². The number of ether oxygens (including phenoxy) is 1. The Morgan fingerprint density at radius 2 is 2.00 bits per heavy atom. The summed E-state index contributed by atoms with van der Waals surface area (Å²) < 4.78 is 44.6. The predicted octanol–water partition coefficient (Wildman–Crippen LogP) is 4.54. The second-order valence-corrected chi connectivity index (χ2v) is 6.37. The lowest BCUT2D eigenvalue weighted by atomic mass is 10.1. The van der Waals surface area contributed by atoms with Crippen LogP contribution in [0.4, 0.5) is 13.2 Å². The minimum atomic E-state index is -4.59. The summed E-state index contributed by atoms with van der Waals surface area (Å²) in [6.45, 7) is 0.0400. The van der Waals surface area contributed by atoms with Crippen LogP contribution in [-0.2, 0) is 10.9 Å². The van der Waals surface area contributed by atoms with E-state index in [1.807, 2.05) is 0 Å². The molecular weight excluding hydrogens is 351 g/mol. The number of methoxy groups -OCH3 is 1. The number of alkyl halides is 3. The van der Waals surface area contributed by atoms with Crippen LogP contribution in [0.3, 0.4) is 0 Å². The summed E-state index contributed by atoms with van der Waals surface area (Å²) in [6, 6.07) is 8.08. The smallest absolute Gasteiger partial charge is 0.374 e. The molecule has 1 atom stereocenters. The van der Waals surface area contributed by atoms with Crippen molar-refractivity contribution in [1.82, 2.24) is 5.32 Å². The molecule has 8 heteroatoms. The second kappa shape index (κ2) is 7.33. The first kappa shape index (κ1) is 17.8. The highest BCUT2D eigenvalue weighted by molar-refractivity contribution is 7.16. The maximum absolute atomic E-state index is 12.9. The van der Waals surface area contributed by atoms with Gasteiger partial charge in [-0.05, 0) is 24.3 Å². The molecule has 0 spiro atoms. The highest BCUT2D eigenvalue weighted by Crippen LogP contribution is 2.32. The monoisotopic (exact) mass is 363 g/mol. The molecule has 124 valence electrons. The van der Waals surface area contributed by atoms with Crippen molar-refractivity contribution in [2.24, 2.45) is 0 Å². The van der Waals surface area contributed by atoms with Crippen LogP contribution in [0.15, 0.2) is 36.4 Å². The number of halogens is 4. The molecular formula is C15H13ClF3NO2S. The number of carbonyl (C=O) groups is 1. The molecule has 2 aromatic rings. The number of nitrogens with one attached hydrogen (secondary N) is 1. The van der Waals surface area contributed by atoms with Crippen molar-refractivity contribution in [3.8, 4) is 0 Å². The molecule has 23 heavy (non-hydrogen) atoms. The van der Waals surface area contributed by atoms with Crippen LogP contribution < -0.4 is 5.32 Å². The number of benzene rings is 1. The Balaban J connectivity index is 2.11.